The van der Waals surface area contributed by atoms with Crippen LogP contribution in [0.5, 0.6) is 0 Å². The van der Waals surface area contributed by atoms with Crippen LogP contribution in [0.4, 0.5) is 10.1 Å². The molecule has 2 aliphatic carbocycles. The largest absolute Gasteiger partial charge is 0.403 e. The summed E-state index contributed by atoms with van der Waals surface area (Å²) in [7, 11) is 0. The molecule has 0 bridgehead atoms. The van der Waals surface area contributed by atoms with Crippen LogP contribution in [0.2, 0.25) is 0 Å². The van der Waals surface area contributed by atoms with E-state index in [1.165, 1.54) is 25.1 Å². The van der Waals surface area contributed by atoms with Gasteiger partial charge in [-0.3, -0.25) is 4.90 Å². The van der Waals surface area contributed by atoms with Gasteiger partial charge in [0.2, 0.25) is 5.96 Å². The van der Waals surface area contributed by atoms with Gasteiger partial charge in [-0.05, 0) is 43.7 Å². The highest BCUT2D eigenvalue weighted by atomic mass is 19.1. The predicted octanol–water partition coefficient (Wildman–Crippen LogP) is 3.52. The molecule has 0 spiro atoms. The fraction of sp³-hybridized carbons (Fsp3) is 0.429. The van der Waals surface area contributed by atoms with E-state index in [0.29, 0.717) is 29.0 Å². The highest BCUT2D eigenvalue weighted by Gasteiger charge is 2.36. The van der Waals surface area contributed by atoms with Crippen LogP contribution in [0.1, 0.15) is 38.5 Å². The Bertz CT molecular complexity index is 833. The summed E-state index contributed by atoms with van der Waals surface area (Å²) in [6.45, 7) is 4.94. The first-order valence-electron chi connectivity index (χ1n) is 9.99. The third-order valence-corrected chi connectivity index (χ3v) is 5.41. The molecule has 0 unspecified atom stereocenters. The lowest BCUT2D eigenvalue weighted by molar-refractivity contribution is 0.447. The van der Waals surface area contributed by atoms with Gasteiger partial charge in [-0.1, -0.05) is 31.6 Å². The summed E-state index contributed by atoms with van der Waals surface area (Å²) in [6.07, 6.45) is 8.37. The molecular weight excluding hydrogens is 355 g/mol. The van der Waals surface area contributed by atoms with Crippen LogP contribution in [0.25, 0.3) is 0 Å². The maximum absolute atomic E-state index is 14.2. The fourth-order valence-electron chi connectivity index (χ4n) is 3.70. The molecule has 0 amide bonds. The molecule has 2 saturated carbocycles. The van der Waals surface area contributed by atoms with E-state index in [1.807, 2.05) is 0 Å². The van der Waals surface area contributed by atoms with Crippen molar-refractivity contribution in [3.63, 3.8) is 0 Å². The molecule has 148 valence electrons. The molecule has 0 radical (unpaired) electrons. The van der Waals surface area contributed by atoms with Gasteiger partial charge >= 0.3 is 0 Å². The van der Waals surface area contributed by atoms with Crippen LogP contribution in [-0.2, 0) is 0 Å². The molecule has 1 aromatic rings. The van der Waals surface area contributed by atoms with Gasteiger partial charge in [0, 0.05) is 18.8 Å². The molecule has 4 N–H and O–H groups in total. The van der Waals surface area contributed by atoms with Crippen molar-refractivity contribution in [2.24, 2.45) is 21.6 Å². The normalized spacial score (nSPS) is 22.8. The molecule has 1 aliphatic heterocycles. The summed E-state index contributed by atoms with van der Waals surface area (Å²) >= 11 is 0. The Morgan fingerprint density at radius 3 is 2.71 bits per heavy atom. The second-order valence-electron chi connectivity index (χ2n) is 7.61. The average Bonchev–Trinajstić information content (AvgIpc) is 3.25. The van der Waals surface area contributed by atoms with Gasteiger partial charge < -0.3 is 16.4 Å². The second kappa shape index (κ2) is 8.04. The molecule has 0 saturated heterocycles. The maximum Gasteiger partial charge on any atom is 0.210 e. The van der Waals surface area contributed by atoms with Crippen molar-refractivity contribution >= 4 is 17.5 Å². The van der Waals surface area contributed by atoms with E-state index in [9.17, 15) is 4.39 Å². The second-order valence-corrected chi connectivity index (χ2v) is 7.61. The van der Waals surface area contributed by atoms with E-state index in [4.69, 9.17) is 10.7 Å². The Balaban J connectivity index is 1.61. The minimum Gasteiger partial charge on any atom is -0.403 e. The number of nitrogens with one attached hydrogen (secondary N) is 2. The molecule has 1 aromatic carbocycles. The van der Waals surface area contributed by atoms with Gasteiger partial charge in [-0.15, -0.1) is 0 Å². The zero-order chi connectivity index (χ0) is 19.5. The van der Waals surface area contributed by atoms with E-state index < -0.39 is 0 Å². The Kier molecular flexibility index (Phi) is 5.32. The fourth-order valence-corrected chi connectivity index (χ4v) is 3.70. The lowest BCUT2D eigenvalue weighted by Gasteiger charge is -2.28. The van der Waals surface area contributed by atoms with Crippen molar-refractivity contribution in [3.05, 3.63) is 54.4 Å². The van der Waals surface area contributed by atoms with E-state index in [0.717, 1.165) is 38.1 Å². The van der Waals surface area contributed by atoms with Crippen LogP contribution in [0, 0.1) is 11.7 Å². The van der Waals surface area contributed by atoms with Gasteiger partial charge in [0.05, 0.1) is 5.69 Å². The first-order chi connectivity index (χ1) is 13.7. The first kappa shape index (κ1) is 18.5. The lowest BCUT2D eigenvalue weighted by atomic mass is 10.2. The van der Waals surface area contributed by atoms with Crippen LogP contribution in [-0.4, -0.2) is 29.3 Å². The Morgan fingerprint density at radius 1 is 1.29 bits per heavy atom. The summed E-state index contributed by atoms with van der Waals surface area (Å²) in [4.78, 5) is 11.4. The third-order valence-electron chi connectivity index (χ3n) is 5.41. The van der Waals surface area contributed by atoms with E-state index in [-0.39, 0.29) is 11.9 Å². The number of nitrogens with zero attached hydrogens (tertiary/aromatic N) is 3. The summed E-state index contributed by atoms with van der Waals surface area (Å²) < 4.78 is 14.2. The number of halogens is 1. The standard InChI is InChI=1S/C21H27FN6/c1-14(24-13-15-10-11-15)25-20-19(12-23)27-21(28(20)16-6-2-3-7-16)26-18-9-5-4-8-17(18)22/h4-5,8-9,12,15-16,24H,1-3,6-7,10-11,13,23H2,(H,26,27)/b19-12+,25-20+. The molecule has 1 heterocycles. The number of rotatable bonds is 6. The summed E-state index contributed by atoms with van der Waals surface area (Å²) in [5.74, 6) is 2.23. The highest BCUT2D eigenvalue weighted by molar-refractivity contribution is 6.18. The Labute approximate surface area is 165 Å². The SMILES string of the molecule is C=C(/N=C1\C(=C/N)N=C(Nc2ccccc2F)N1C1CCCC1)NCC1CC1. The number of nitrogens with two attached hydrogens (primary N) is 1. The predicted molar refractivity (Wildman–Crippen MR) is 111 cm³/mol. The van der Waals surface area contributed by atoms with Gasteiger partial charge in [-0.25, -0.2) is 14.4 Å². The van der Waals surface area contributed by atoms with Gasteiger partial charge in [0.1, 0.15) is 17.3 Å². The Hall–Kier alpha value is -2.83. The van der Waals surface area contributed by atoms with Crippen molar-refractivity contribution in [1.82, 2.24) is 10.2 Å². The van der Waals surface area contributed by atoms with E-state index in [2.05, 4.69) is 27.1 Å². The van der Waals surface area contributed by atoms with Crippen LogP contribution < -0.4 is 16.4 Å². The molecule has 0 aromatic heterocycles. The third kappa shape index (κ3) is 4.03. The molecule has 0 atom stereocenters. The lowest BCUT2D eigenvalue weighted by Crippen LogP contribution is -2.43. The average molecular weight is 382 g/mol. The van der Waals surface area contributed by atoms with Crippen LogP contribution in [0.15, 0.2) is 58.5 Å². The number of anilines is 1. The quantitative estimate of drug-likeness (QED) is 0.703. The number of para-hydroxylation sites is 1. The summed E-state index contributed by atoms with van der Waals surface area (Å²) in [6, 6.07) is 6.83. The Morgan fingerprint density at radius 2 is 2.04 bits per heavy atom. The minimum atomic E-state index is -0.323. The molecule has 28 heavy (non-hydrogen) atoms. The summed E-state index contributed by atoms with van der Waals surface area (Å²) in [5, 5.41) is 6.43. The maximum atomic E-state index is 14.2. The van der Waals surface area contributed by atoms with Crippen molar-refractivity contribution in [2.75, 3.05) is 11.9 Å². The molecule has 2 fully saturated rings. The van der Waals surface area contributed by atoms with Gasteiger partial charge in [-0.2, -0.15) is 0 Å². The zero-order valence-electron chi connectivity index (χ0n) is 16.0. The number of hydrogen-bond acceptors (Lipinski definition) is 5. The molecule has 3 aliphatic rings. The molecule has 7 heteroatoms. The van der Waals surface area contributed by atoms with Crippen molar-refractivity contribution in [2.45, 2.75) is 44.6 Å². The van der Waals surface area contributed by atoms with Crippen LogP contribution in [0.3, 0.4) is 0 Å². The molecule has 6 nitrogen and oxygen atoms in total. The smallest absolute Gasteiger partial charge is 0.210 e. The molecular formula is C21H27FN6. The number of aliphatic imine (C=N–C) groups is 2. The summed E-state index contributed by atoms with van der Waals surface area (Å²) in [5.41, 5.74) is 6.80. The van der Waals surface area contributed by atoms with Crippen molar-refractivity contribution < 1.29 is 4.39 Å². The number of benzene rings is 1. The van der Waals surface area contributed by atoms with Crippen LogP contribution >= 0.6 is 0 Å². The number of hydrogen-bond donors (Lipinski definition) is 3. The monoisotopic (exact) mass is 382 g/mol. The van der Waals surface area contributed by atoms with E-state index in [1.54, 1.807) is 18.2 Å². The van der Waals surface area contributed by atoms with Crippen molar-refractivity contribution in [1.29, 1.82) is 0 Å². The number of amidine groups is 1. The van der Waals surface area contributed by atoms with Crippen molar-refractivity contribution in [3.8, 4) is 0 Å². The molecule has 4 rings (SSSR count). The minimum absolute atomic E-state index is 0.255. The number of guanidine groups is 1. The van der Waals surface area contributed by atoms with Gasteiger partial charge in [0.25, 0.3) is 0 Å². The first-order valence-corrected chi connectivity index (χ1v) is 9.99. The highest BCUT2D eigenvalue weighted by Crippen LogP contribution is 2.31. The van der Waals surface area contributed by atoms with Gasteiger partial charge in [0.15, 0.2) is 5.84 Å². The van der Waals surface area contributed by atoms with E-state index >= 15 is 0 Å². The topological polar surface area (TPSA) is 78.0 Å². The zero-order valence-corrected chi connectivity index (χ0v) is 16.0.